The van der Waals surface area contributed by atoms with Gasteiger partial charge >= 0.3 is 0 Å². The van der Waals surface area contributed by atoms with Gasteiger partial charge in [-0.25, -0.2) is 0 Å². The fourth-order valence-electron chi connectivity index (χ4n) is 2.26. The highest BCUT2D eigenvalue weighted by atomic mass is 16.1. The van der Waals surface area contributed by atoms with Gasteiger partial charge in [0.15, 0.2) is 0 Å². The maximum absolute atomic E-state index is 11.5. The van der Waals surface area contributed by atoms with Crippen LogP contribution < -0.4 is 11.1 Å². The highest BCUT2D eigenvalue weighted by Gasteiger charge is 2.22. The largest absolute Gasteiger partial charge is 0.353 e. The normalized spacial score (nSPS) is 21.3. The molecule has 0 bridgehead atoms. The molecule has 3 heteroatoms. The van der Waals surface area contributed by atoms with Gasteiger partial charge < -0.3 is 11.1 Å². The zero-order valence-electron chi connectivity index (χ0n) is 9.96. The first-order valence-electron chi connectivity index (χ1n) is 6.14. The van der Waals surface area contributed by atoms with Crippen molar-refractivity contribution >= 4 is 5.91 Å². The van der Waals surface area contributed by atoms with Crippen molar-refractivity contribution in [1.29, 1.82) is 0 Å². The van der Waals surface area contributed by atoms with E-state index in [2.05, 4.69) is 12.2 Å². The van der Waals surface area contributed by atoms with Crippen LogP contribution in [0.3, 0.4) is 0 Å². The summed E-state index contributed by atoms with van der Waals surface area (Å²) in [6.07, 6.45) is 6.54. The third-order valence-electron chi connectivity index (χ3n) is 3.32. The van der Waals surface area contributed by atoms with Gasteiger partial charge in [-0.15, -0.1) is 0 Å². The van der Waals surface area contributed by atoms with Crippen molar-refractivity contribution in [3.8, 4) is 0 Å². The van der Waals surface area contributed by atoms with Crippen LogP contribution in [0.5, 0.6) is 0 Å². The molecule has 3 nitrogen and oxygen atoms in total. The molecular formula is C12H24N2O. The number of rotatable bonds is 5. The van der Waals surface area contributed by atoms with Gasteiger partial charge in [0.25, 0.3) is 0 Å². The van der Waals surface area contributed by atoms with Gasteiger partial charge in [0.2, 0.25) is 5.91 Å². The predicted molar refractivity (Wildman–Crippen MR) is 62.4 cm³/mol. The lowest BCUT2D eigenvalue weighted by Crippen LogP contribution is -2.37. The summed E-state index contributed by atoms with van der Waals surface area (Å²) in [6.45, 7) is 4.06. The maximum atomic E-state index is 11.5. The minimum absolute atomic E-state index is 0.123. The van der Waals surface area contributed by atoms with Crippen LogP contribution in [-0.2, 0) is 4.79 Å². The summed E-state index contributed by atoms with van der Waals surface area (Å²) in [5, 5.41) is 3.08. The van der Waals surface area contributed by atoms with Crippen LogP contribution in [0.4, 0.5) is 0 Å². The molecule has 0 heterocycles. The first-order chi connectivity index (χ1) is 7.09. The van der Waals surface area contributed by atoms with Gasteiger partial charge in [0.05, 0.1) is 0 Å². The highest BCUT2D eigenvalue weighted by molar-refractivity contribution is 5.76. The van der Waals surface area contributed by atoms with Gasteiger partial charge in [-0.2, -0.15) is 0 Å². The summed E-state index contributed by atoms with van der Waals surface area (Å²) >= 11 is 0. The molecule has 0 radical (unpaired) electrons. The molecule has 88 valence electrons. The third-order valence-corrected chi connectivity index (χ3v) is 3.32. The van der Waals surface area contributed by atoms with E-state index in [0.717, 1.165) is 6.42 Å². The Labute approximate surface area is 92.8 Å². The predicted octanol–water partition coefficient (Wildman–Crippen LogP) is 1.81. The average Bonchev–Trinajstić information content (AvgIpc) is 2.67. The number of nitrogens with two attached hydrogens (primary N) is 1. The molecule has 0 aromatic carbocycles. The Kier molecular flexibility index (Phi) is 5.09. The van der Waals surface area contributed by atoms with Crippen LogP contribution >= 0.6 is 0 Å². The Bertz CT molecular complexity index is 198. The highest BCUT2D eigenvalue weighted by Crippen LogP contribution is 2.27. The molecule has 0 aromatic rings. The third kappa shape index (κ3) is 4.65. The molecule has 1 fully saturated rings. The van der Waals surface area contributed by atoms with Crippen molar-refractivity contribution in [2.75, 3.05) is 0 Å². The van der Waals surface area contributed by atoms with Gasteiger partial charge in [-0.3, -0.25) is 4.79 Å². The lowest BCUT2D eigenvalue weighted by atomic mass is 9.99. The van der Waals surface area contributed by atoms with Crippen molar-refractivity contribution in [2.24, 2.45) is 11.7 Å². The van der Waals surface area contributed by atoms with E-state index in [9.17, 15) is 4.79 Å². The zero-order valence-corrected chi connectivity index (χ0v) is 9.96. The van der Waals surface area contributed by atoms with E-state index in [0.29, 0.717) is 18.4 Å². The molecule has 1 unspecified atom stereocenters. The SMILES string of the molecule is CC(N)CCC(=O)N[C@H](C)C1CCCC1. The first-order valence-corrected chi connectivity index (χ1v) is 6.14. The quantitative estimate of drug-likeness (QED) is 0.730. The summed E-state index contributed by atoms with van der Waals surface area (Å²) < 4.78 is 0. The number of amides is 1. The van der Waals surface area contributed by atoms with Crippen molar-refractivity contribution in [3.05, 3.63) is 0 Å². The number of hydrogen-bond acceptors (Lipinski definition) is 2. The van der Waals surface area contributed by atoms with E-state index in [1.165, 1.54) is 25.7 Å². The molecule has 1 saturated carbocycles. The van der Waals surface area contributed by atoms with E-state index >= 15 is 0 Å². The standard InChI is InChI=1S/C12H24N2O/c1-9(13)7-8-12(15)14-10(2)11-5-3-4-6-11/h9-11H,3-8,13H2,1-2H3,(H,14,15)/t9?,10-/m1/s1. The van der Waals surface area contributed by atoms with Crippen LogP contribution in [0.1, 0.15) is 52.4 Å². The van der Waals surface area contributed by atoms with Crippen molar-refractivity contribution in [3.63, 3.8) is 0 Å². The molecular weight excluding hydrogens is 188 g/mol. The molecule has 1 aliphatic rings. The Balaban J connectivity index is 2.18. The molecule has 3 N–H and O–H groups in total. The van der Waals surface area contributed by atoms with Gasteiger partial charge in [0, 0.05) is 18.5 Å². The lowest BCUT2D eigenvalue weighted by molar-refractivity contribution is -0.122. The Morgan fingerprint density at radius 3 is 2.53 bits per heavy atom. The Morgan fingerprint density at radius 1 is 1.40 bits per heavy atom. The number of nitrogens with one attached hydrogen (secondary N) is 1. The monoisotopic (exact) mass is 212 g/mol. The topological polar surface area (TPSA) is 55.1 Å². The first kappa shape index (κ1) is 12.5. The molecule has 15 heavy (non-hydrogen) atoms. The molecule has 2 atom stereocenters. The summed E-state index contributed by atoms with van der Waals surface area (Å²) in [6, 6.07) is 0.464. The van der Waals surface area contributed by atoms with Crippen LogP contribution in [0, 0.1) is 5.92 Å². The Morgan fingerprint density at radius 2 is 2.00 bits per heavy atom. The molecule has 0 spiro atoms. The van der Waals surface area contributed by atoms with E-state index in [-0.39, 0.29) is 11.9 Å². The summed E-state index contributed by atoms with van der Waals surface area (Å²) in [5.41, 5.74) is 5.61. The smallest absolute Gasteiger partial charge is 0.220 e. The molecule has 0 saturated heterocycles. The van der Waals surface area contributed by atoms with Crippen LogP contribution in [-0.4, -0.2) is 18.0 Å². The lowest BCUT2D eigenvalue weighted by Gasteiger charge is -2.20. The van der Waals surface area contributed by atoms with E-state index in [1.807, 2.05) is 6.92 Å². The molecule has 1 rings (SSSR count). The van der Waals surface area contributed by atoms with E-state index in [4.69, 9.17) is 5.73 Å². The average molecular weight is 212 g/mol. The second-order valence-corrected chi connectivity index (χ2v) is 4.92. The fourth-order valence-corrected chi connectivity index (χ4v) is 2.26. The second-order valence-electron chi connectivity index (χ2n) is 4.92. The van der Waals surface area contributed by atoms with Crippen LogP contribution in [0.15, 0.2) is 0 Å². The number of hydrogen-bond donors (Lipinski definition) is 2. The van der Waals surface area contributed by atoms with Crippen LogP contribution in [0.25, 0.3) is 0 Å². The molecule has 0 aliphatic heterocycles. The van der Waals surface area contributed by atoms with Gasteiger partial charge in [-0.1, -0.05) is 12.8 Å². The fraction of sp³-hybridized carbons (Fsp3) is 0.917. The minimum Gasteiger partial charge on any atom is -0.353 e. The molecule has 0 aromatic heterocycles. The van der Waals surface area contributed by atoms with Crippen molar-refractivity contribution in [2.45, 2.75) is 64.5 Å². The van der Waals surface area contributed by atoms with Crippen molar-refractivity contribution < 1.29 is 4.79 Å². The Hall–Kier alpha value is -0.570. The number of carbonyl (C=O) groups is 1. The summed E-state index contributed by atoms with van der Waals surface area (Å²) in [7, 11) is 0. The van der Waals surface area contributed by atoms with Gasteiger partial charge in [0.1, 0.15) is 0 Å². The number of carbonyl (C=O) groups excluding carboxylic acids is 1. The summed E-state index contributed by atoms with van der Waals surface area (Å²) in [5.74, 6) is 0.857. The van der Waals surface area contributed by atoms with Crippen LogP contribution in [0.2, 0.25) is 0 Å². The molecule has 1 amide bonds. The molecule has 1 aliphatic carbocycles. The minimum atomic E-state index is 0.123. The van der Waals surface area contributed by atoms with Crippen molar-refractivity contribution in [1.82, 2.24) is 5.32 Å². The second kappa shape index (κ2) is 6.11. The van der Waals surface area contributed by atoms with Gasteiger partial charge in [-0.05, 0) is 39.0 Å². The zero-order chi connectivity index (χ0) is 11.3. The summed E-state index contributed by atoms with van der Waals surface area (Å²) in [4.78, 5) is 11.5. The van der Waals surface area contributed by atoms with E-state index in [1.54, 1.807) is 0 Å². The maximum Gasteiger partial charge on any atom is 0.220 e. The van der Waals surface area contributed by atoms with E-state index < -0.39 is 0 Å².